The number of fused-ring (bicyclic) bond motifs is 1. The summed E-state index contributed by atoms with van der Waals surface area (Å²) in [7, 11) is 0. The van der Waals surface area contributed by atoms with Crippen LogP contribution in [-0.4, -0.2) is 30.6 Å². The SMILES string of the molecule is Cc1nonc1CNC(=O)c1cnc2nccn2c1. The summed E-state index contributed by atoms with van der Waals surface area (Å²) in [5.74, 6) is 0.304. The lowest BCUT2D eigenvalue weighted by Crippen LogP contribution is -2.23. The van der Waals surface area contributed by atoms with Gasteiger partial charge in [0, 0.05) is 24.8 Å². The van der Waals surface area contributed by atoms with Gasteiger partial charge in [-0.05, 0) is 6.92 Å². The third-order valence-electron chi connectivity index (χ3n) is 2.67. The van der Waals surface area contributed by atoms with Gasteiger partial charge in [0.05, 0.1) is 12.1 Å². The van der Waals surface area contributed by atoms with Gasteiger partial charge < -0.3 is 5.32 Å². The number of aromatic nitrogens is 5. The molecule has 0 aromatic carbocycles. The molecule has 0 saturated heterocycles. The molecular weight excluding hydrogens is 248 g/mol. The summed E-state index contributed by atoms with van der Waals surface area (Å²) < 4.78 is 6.23. The molecule has 19 heavy (non-hydrogen) atoms. The average Bonchev–Trinajstić information content (AvgIpc) is 3.03. The Labute approximate surface area is 107 Å². The van der Waals surface area contributed by atoms with Crippen LogP contribution < -0.4 is 5.32 Å². The maximum absolute atomic E-state index is 12.0. The zero-order chi connectivity index (χ0) is 13.2. The standard InChI is InChI=1S/C11H10N6O2/c1-7-9(16-19-15-7)5-13-10(18)8-4-14-11-12-2-3-17(11)6-8/h2-4,6H,5H2,1H3,(H,13,18). The summed E-state index contributed by atoms with van der Waals surface area (Å²) in [6.45, 7) is 2.02. The van der Waals surface area contributed by atoms with Crippen LogP contribution in [0.1, 0.15) is 21.7 Å². The molecule has 0 aliphatic rings. The fourth-order valence-corrected chi connectivity index (χ4v) is 1.61. The molecule has 0 saturated carbocycles. The second-order valence-electron chi connectivity index (χ2n) is 3.96. The first-order valence-electron chi connectivity index (χ1n) is 5.59. The highest BCUT2D eigenvalue weighted by molar-refractivity contribution is 5.93. The smallest absolute Gasteiger partial charge is 0.254 e. The van der Waals surface area contributed by atoms with E-state index in [9.17, 15) is 4.79 Å². The van der Waals surface area contributed by atoms with Gasteiger partial charge in [-0.2, -0.15) is 0 Å². The van der Waals surface area contributed by atoms with E-state index in [0.717, 1.165) is 0 Å². The number of carbonyl (C=O) groups is 1. The topological polar surface area (TPSA) is 98.2 Å². The summed E-state index contributed by atoms with van der Waals surface area (Å²) in [4.78, 5) is 20.0. The van der Waals surface area contributed by atoms with Crippen molar-refractivity contribution in [3.8, 4) is 0 Å². The predicted molar refractivity (Wildman–Crippen MR) is 63.2 cm³/mol. The van der Waals surface area contributed by atoms with E-state index in [4.69, 9.17) is 0 Å². The van der Waals surface area contributed by atoms with Gasteiger partial charge in [-0.3, -0.25) is 9.20 Å². The van der Waals surface area contributed by atoms with Crippen LogP contribution >= 0.6 is 0 Å². The Hall–Kier alpha value is -2.77. The molecule has 0 spiro atoms. The molecule has 3 rings (SSSR count). The highest BCUT2D eigenvalue weighted by Crippen LogP contribution is 2.03. The lowest BCUT2D eigenvalue weighted by molar-refractivity contribution is 0.0949. The number of nitrogens with one attached hydrogen (secondary N) is 1. The molecule has 0 atom stereocenters. The summed E-state index contributed by atoms with van der Waals surface area (Å²) in [6.07, 6.45) is 6.49. The van der Waals surface area contributed by atoms with Crippen LogP contribution in [0.15, 0.2) is 29.4 Å². The van der Waals surface area contributed by atoms with Gasteiger partial charge in [-0.1, -0.05) is 10.3 Å². The molecular formula is C11H10N6O2. The largest absolute Gasteiger partial charge is 0.346 e. The minimum absolute atomic E-state index is 0.245. The summed E-state index contributed by atoms with van der Waals surface area (Å²) in [5, 5.41) is 10.1. The first-order valence-corrected chi connectivity index (χ1v) is 5.59. The van der Waals surface area contributed by atoms with E-state index >= 15 is 0 Å². The second-order valence-corrected chi connectivity index (χ2v) is 3.96. The molecule has 96 valence electrons. The molecule has 0 unspecified atom stereocenters. The molecule has 8 heteroatoms. The number of imidazole rings is 1. The third kappa shape index (κ3) is 2.15. The van der Waals surface area contributed by atoms with Crippen molar-refractivity contribution in [3.63, 3.8) is 0 Å². The van der Waals surface area contributed by atoms with E-state index in [1.165, 1.54) is 6.20 Å². The fraction of sp³-hybridized carbons (Fsp3) is 0.182. The van der Waals surface area contributed by atoms with Crippen LogP contribution in [0.3, 0.4) is 0 Å². The average molecular weight is 258 g/mol. The Bertz CT molecular complexity index is 731. The zero-order valence-corrected chi connectivity index (χ0v) is 10.1. The van der Waals surface area contributed by atoms with Crippen molar-refractivity contribution in [1.82, 2.24) is 30.0 Å². The van der Waals surface area contributed by atoms with E-state index in [1.54, 1.807) is 29.9 Å². The number of rotatable bonds is 3. The minimum Gasteiger partial charge on any atom is -0.346 e. The second kappa shape index (κ2) is 4.48. The van der Waals surface area contributed by atoms with Crippen LogP contribution in [0, 0.1) is 6.92 Å². The van der Waals surface area contributed by atoms with Gasteiger partial charge in [-0.25, -0.2) is 14.6 Å². The molecule has 0 aliphatic heterocycles. The van der Waals surface area contributed by atoms with Crippen molar-refractivity contribution < 1.29 is 9.42 Å². The molecule has 8 nitrogen and oxygen atoms in total. The van der Waals surface area contributed by atoms with Crippen molar-refractivity contribution in [2.75, 3.05) is 0 Å². The Morgan fingerprint density at radius 3 is 3.11 bits per heavy atom. The summed E-state index contributed by atoms with van der Waals surface area (Å²) in [5.41, 5.74) is 1.70. The molecule has 1 amide bonds. The van der Waals surface area contributed by atoms with Crippen LogP contribution in [0.2, 0.25) is 0 Å². The van der Waals surface area contributed by atoms with Crippen molar-refractivity contribution >= 4 is 11.7 Å². The van der Waals surface area contributed by atoms with Gasteiger partial charge >= 0.3 is 0 Å². The summed E-state index contributed by atoms with van der Waals surface area (Å²) >= 11 is 0. The normalized spacial score (nSPS) is 10.8. The number of hydrogen-bond donors (Lipinski definition) is 1. The molecule has 3 aromatic heterocycles. The van der Waals surface area contributed by atoms with Gasteiger partial charge in [-0.15, -0.1) is 0 Å². The Morgan fingerprint density at radius 1 is 1.42 bits per heavy atom. The molecule has 3 aromatic rings. The maximum atomic E-state index is 12.0. The van der Waals surface area contributed by atoms with E-state index in [-0.39, 0.29) is 12.5 Å². The highest BCUT2D eigenvalue weighted by Gasteiger charge is 2.10. The van der Waals surface area contributed by atoms with Gasteiger partial charge in [0.2, 0.25) is 5.78 Å². The van der Waals surface area contributed by atoms with Crippen molar-refractivity contribution in [1.29, 1.82) is 0 Å². The number of amides is 1. The highest BCUT2D eigenvalue weighted by atomic mass is 16.6. The molecule has 0 fully saturated rings. The number of carbonyl (C=O) groups excluding carboxylic acids is 1. The van der Waals surface area contributed by atoms with Crippen LogP contribution in [0.25, 0.3) is 5.78 Å². The van der Waals surface area contributed by atoms with Crippen molar-refractivity contribution in [2.45, 2.75) is 13.5 Å². The first-order chi connectivity index (χ1) is 9.24. The molecule has 0 radical (unpaired) electrons. The first kappa shape index (κ1) is 11.3. The molecule has 1 N–H and O–H groups in total. The summed E-state index contributed by atoms with van der Waals surface area (Å²) in [6, 6.07) is 0. The number of aryl methyl sites for hydroxylation is 1. The minimum atomic E-state index is -0.245. The van der Waals surface area contributed by atoms with Crippen LogP contribution in [0.5, 0.6) is 0 Å². The van der Waals surface area contributed by atoms with Gasteiger partial charge in [0.1, 0.15) is 11.4 Å². The van der Waals surface area contributed by atoms with Crippen molar-refractivity contribution in [2.24, 2.45) is 0 Å². The van der Waals surface area contributed by atoms with E-state index in [0.29, 0.717) is 22.7 Å². The van der Waals surface area contributed by atoms with Gasteiger partial charge in [0.15, 0.2) is 0 Å². The van der Waals surface area contributed by atoms with Crippen molar-refractivity contribution in [3.05, 3.63) is 41.7 Å². The van der Waals surface area contributed by atoms with Crippen LogP contribution in [-0.2, 0) is 6.54 Å². The van der Waals surface area contributed by atoms with E-state index in [1.807, 2.05) is 0 Å². The number of hydrogen-bond acceptors (Lipinski definition) is 6. The zero-order valence-electron chi connectivity index (χ0n) is 10.1. The Kier molecular flexibility index (Phi) is 2.67. The lowest BCUT2D eigenvalue weighted by atomic mass is 10.3. The maximum Gasteiger partial charge on any atom is 0.254 e. The predicted octanol–water partition coefficient (Wildman–Crippen LogP) is 0.351. The molecule has 3 heterocycles. The monoisotopic (exact) mass is 258 g/mol. The van der Waals surface area contributed by atoms with Gasteiger partial charge in [0.25, 0.3) is 5.91 Å². The lowest BCUT2D eigenvalue weighted by Gasteiger charge is -2.03. The quantitative estimate of drug-likeness (QED) is 0.727. The number of nitrogens with zero attached hydrogens (tertiary/aromatic N) is 5. The Morgan fingerprint density at radius 2 is 2.32 bits per heavy atom. The molecule has 0 aliphatic carbocycles. The van der Waals surface area contributed by atoms with E-state index < -0.39 is 0 Å². The van der Waals surface area contributed by atoms with E-state index in [2.05, 4.69) is 30.2 Å². The van der Waals surface area contributed by atoms with Crippen LogP contribution in [0.4, 0.5) is 0 Å². The third-order valence-corrected chi connectivity index (χ3v) is 2.67. The Balaban J connectivity index is 1.74. The fourth-order valence-electron chi connectivity index (χ4n) is 1.61. The molecule has 0 bridgehead atoms.